The summed E-state index contributed by atoms with van der Waals surface area (Å²) in [5.41, 5.74) is 0.846. The van der Waals surface area contributed by atoms with Crippen LogP contribution in [0, 0.1) is 5.92 Å². The van der Waals surface area contributed by atoms with Crippen LogP contribution in [0.25, 0.3) is 0 Å². The lowest BCUT2D eigenvalue weighted by Crippen LogP contribution is -2.60. The molecule has 0 bridgehead atoms. The molecular formula is C17H22N2O5S. The van der Waals surface area contributed by atoms with E-state index in [1.807, 2.05) is 0 Å². The number of amides is 1. The number of nitrogens with one attached hydrogen (secondary N) is 1. The summed E-state index contributed by atoms with van der Waals surface area (Å²) in [5.74, 6) is -0.855. The second kappa shape index (κ2) is 7.13. The highest BCUT2D eigenvalue weighted by molar-refractivity contribution is 7.90. The first-order chi connectivity index (χ1) is 11.9. The van der Waals surface area contributed by atoms with Gasteiger partial charge in [-0.1, -0.05) is 25.0 Å². The molecule has 8 heteroatoms. The Labute approximate surface area is 147 Å². The molecule has 1 saturated carbocycles. The maximum absolute atomic E-state index is 12.3. The van der Waals surface area contributed by atoms with Crippen molar-refractivity contribution in [3.8, 4) is 0 Å². The number of carboxylic acids is 1. The standard InChI is InChI=1S/C17H22N2O5S/c20-16(13-3-1-2-4-13)19-10-15(11-19)25(23,24)18-9-12-5-7-14(8-6-12)17(21)22/h5-8,13,15,18H,1-4,9-11H2,(H,21,22). The van der Waals surface area contributed by atoms with Crippen LogP contribution in [-0.4, -0.2) is 48.6 Å². The summed E-state index contributed by atoms with van der Waals surface area (Å²) in [6, 6.07) is 6.06. The van der Waals surface area contributed by atoms with Gasteiger partial charge in [0.25, 0.3) is 0 Å². The van der Waals surface area contributed by atoms with E-state index < -0.39 is 21.2 Å². The van der Waals surface area contributed by atoms with Crippen LogP contribution in [0.15, 0.2) is 24.3 Å². The summed E-state index contributed by atoms with van der Waals surface area (Å²) in [4.78, 5) is 24.7. The molecule has 0 aromatic heterocycles. The van der Waals surface area contributed by atoms with Crippen molar-refractivity contribution in [1.29, 1.82) is 0 Å². The monoisotopic (exact) mass is 366 g/mol. The highest BCUT2D eigenvalue weighted by atomic mass is 32.2. The number of hydrogen-bond acceptors (Lipinski definition) is 4. The summed E-state index contributed by atoms with van der Waals surface area (Å²) in [5, 5.41) is 8.28. The van der Waals surface area contributed by atoms with E-state index in [0.717, 1.165) is 25.7 Å². The van der Waals surface area contributed by atoms with Crippen molar-refractivity contribution in [3.63, 3.8) is 0 Å². The molecular weight excluding hydrogens is 344 g/mol. The number of likely N-dealkylation sites (tertiary alicyclic amines) is 1. The van der Waals surface area contributed by atoms with Gasteiger partial charge in [0.1, 0.15) is 5.25 Å². The first-order valence-corrected chi connectivity index (χ1v) is 10.0. The van der Waals surface area contributed by atoms with Crippen LogP contribution < -0.4 is 4.72 Å². The molecule has 3 rings (SSSR count). The van der Waals surface area contributed by atoms with Crippen LogP contribution in [0.3, 0.4) is 0 Å². The Morgan fingerprint density at radius 1 is 1.12 bits per heavy atom. The third-order valence-corrected chi connectivity index (χ3v) is 6.70. The van der Waals surface area contributed by atoms with E-state index in [-0.39, 0.29) is 37.0 Å². The van der Waals surface area contributed by atoms with Crippen molar-refractivity contribution in [2.45, 2.75) is 37.5 Å². The highest BCUT2D eigenvalue weighted by Gasteiger charge is 2.41. The summed E-state index contributed by atoms with van der Waals surface area (Å²) >= 11 is 0. The minimum atomic E-state index is -3.50. The van der Waals surface area contributed by atoms with Gasteiger partial charge in [-0.2, -0.15) is 0 Å². The van der Waals surface area contributed by atoms with Gasteiger partial charge in [0.15, 0.2) is 0 Å². The van der Waals surface area contributed by atoms with Gasteiger partial charge in [-0.25, -0.2) is 17.9 Å². The molecule has 1 amide bonds. The van der Waals surface area contributed by atoms with Crippen LogP contribution in [0.2, 0.25) is 0 Å². The summed E-state index contributed by atoms with van der Waals surface area (Å²) in [6.45, 7) is 0.612. The predicted molar refractivity (Wildman–Crippen MR) is 91.5 cm³/mol. The van der Waals surface area contributed by atoms with Crippen molar-refractivity contribution in [3.05, 3.63) is 35.4 Å². The molecule has 7 nitrogen and oxygen atoms in total. The smallest absolute Gasteiger partial charge is 0.335 e. The first kappa shape index (κ1) is 17.9. The van der Waals surface area contributed by atoms with Gasteiger partial charge in [0.2, 0.25) is 15.9 Å². The molecule has 2 fully saturated rings. The number of aromatic carboxylic acids is 1. The molecule has 0 spiro atoms. The van der Waals surface area contributed by atoms with Gasteiger partial charge in [0.05, 0.1) is 5.56 Å². The zero-order chi connectivity index (χ0) is 18.0. The molecule has 25 heavy (non-hydrogen) atoms. The summed E-state index contributed by atoms with van der Waals surface area (Å²) in [6.07, 6.45) is 3.98. The number of rotatable bonds is 6. The number of carbonyl (C=O) groups excluding carboxylic acids is 1. The molecule has 0 atom stereocenters. The average Bonchev–Trinajstić information content (AvgIpc) is 3.06. The number of benzene rings is 1. The molecule has 0 unspecified atom stereocenters. The predicted octanol–water partition coefficient (Wildman–Crippen LogP) is 1.21. The van der Waals surface area contributed by atoms with E-state index in [4.69, 9.17) is 5.11 Å². The van der Waals surface area contributed by atoms with Gasteiger partial charge in [0, 0.05) is 25.6 Å². The summed E-state index contributed by atoms with van der Waals surface area (Å²) in [7, 11) is -3.50. The third kappa shape index (κ3) is 4.01. The maximum Gasteiger partial charge on any atom is 0.335 e. The van der Waals surface area contributed by atoms with Crippen molar-refractivity contribution in [2.75, 3.05) is 13.1 Å². The number of hydrogen-bond donors (Lipinski definition) is 2. The summed E-state index contributed by atoms with van der Waals surface area (Å²) < 4.78 is 27.2. The Bertz CT molecular complexity index is 748. The number of sulfonamides is 1. The molecule has 1 saturated heterocycles. The van der Waals surface area contributed by atoms with E-state index in [1.165, 1.54) is 12.1 Å². The topological polar surface area (TPSA) is 104 Å². The SMILES string of the molecule is O=C(O)c1ccc(CNS(=O)(=O)C2CN(C(=O)C3CCCC3)C2)cc1. The lowest BCUT2D eigenvalue weighted by Gasteiger charge is -2.39. The molecule has 1 aliphatic carbocycles. The number of nitrogens with zero attached hydrogens (tertiary/aromatic N) is 1. The molecule has 1 aromatic carbocycles. The van der Waals surface area contributed by atoms with Crippen LogP contribution >= 0.6 is 0 Å². The zero-order valence-corrected chi connectivity index (χ0v) is 14.7. The molecule has 136 valence electrons. The van der Waals surface area contributed by atoms with Crippen molar-refractivity contribution in [2.24, 2.45) is 5.92 Å². The van der Waals surface area contributed by atoms with E-state index in [0.29, 0.717) is 5.56 Å². The molecule has 1 aromatic rings. The normalized spacial score (nSPS) is 19.0. The molecule has 1 aliphatic heterocycles. The van der Waals surface area contributed by atoms with Crippen LogP contribution in [0.4, 0.5) is 0 Å². The van der Waals surface area contributed by atoms with E-state index >= 15 is 0 Å². The van der Waals surface area contributed by atoms with Gasteiger partial charge in [-0.3, -0.25) is 4.79 Å². The quantitative estimate of drug-likeness (QED) is 0.787. The van der Waals surface area contributed by atoms with Crippen molar-refractivity contribution >= 4 is 21.9 Å². The average molecular weight is 366 g/mol. The Balaban J connectivity index is 1.49. The first-order valence-electron chi connectivity index (χ1n) is 8.46. The Kier molecular flexibility index (Phi) is 5.10. The molecule has 2 N–H and O–H groups in total. The Morgan fingerprint density at radius 3 is 2.28 bits per heavy atom. The lowest BCUT2D eigenvalue weighted by molar-refractivity contribution is -0.138. The van der Waals surface area contributed by atoms with Crippen molar-refractivity contribution in [1.82, 2.24) is 9.62 Å². The van der Waals surface area contributed by atoms with Crippen molar-refractivity contribution < 1.29 is 23.1 Å². The third-order valence-electron chi connectivity index (χ3n) is 4.98. The van der Waals surface area contributed by atoms with Gasteiger partial charge in [-0.05, 0) is 30.5 Å². The fourth-order valence-electron chi connectivity index (χ4n) is 3.31. The molecule has 1 heterocycles. The lowest BCUT2D eigenvalue weighted by atomic mass is 10.0. The Hall–Kier alpha value is -1.93. The van der Waals surface area contributed by atoms with Crippen LogP contribution in [0.1, 0.15) is 41.6 Å². The minimum Gasteiger partial charge on any atom is -0.478 e. The second-order valence-electron chi connectivity index (χ2n) is 6.71. The van der Waals surface area contributed by atoms with E-state index in [9.17, 15) is 18.0 Å². The molecule has 2 aliphatic rings. The maximum atomic E-state index is 12.3. The van der Waals surface area contributed by atoms with Gasteiger partial charge in [-0.15, -0.1) is 0 Å². The number of carbonyl (C=O) groups is 2. The molecule has 0 radical (unpaired) electrons. The fraction of sp³-hybridized carbons (Fsp3) is 0.529. The van der Waals surface area contributed by atoms with E-state index in [1.54, 1.807) is 17.0 Å². The van der Waals surface area contributed by atoms with Crippen LogP contribution in [-0.2, 0) is 21.4 Å². The Morgan fingerprint density at radius 2 is 1.72 bits per heavy atom. The minimum absolute atomic E-state index is 0.0735. The van der Waals surface area contributed by atoms with Gasteiger partial charge < -0.3 is 10.0 Å². The zero-order valence-electron chi connectivity index (χ0n) is 13.8. The fourth-order valence-corrected chi connectivity index (χ4v) is 4.67. The highest BCUT2D eigenvalue weighted by Crippen LogP contribution is 2.29. The van der Waals surface area contributed by atoms with Gasteiger partial charge >= 0.3 is 5.97 Å². The largest absolute Gasteiger partial charge is 0.478 e. The number of carboxylic acid groups (broad SMARTS) is 1. The van der Waals surface area contributed by atoms with E-state index in [2.05, 4.69) is 4.72 Å². The second-order valence-corrected chi connectivity index (χ2v) is 8.76. The van der Waals surface area contributed by atoms with Crippen LogP contribution in [0.5, 0.6) is 0 Å².